The summed E-state index contributed by atoms with van der Waals surface area (Å²) in [7, 11) is 0. The number of aliphatic hydroxyl groups excluding tert-OH is 3. The van der Waals surface area contributed by atoms with Gasteiger partial charge < -0.3 is 53.6 Å². The molecule has 7 rings (SSSR count). The van der Waals surface area contributed by atoms with Crippen molar-refractivity contribution in [2.75, 3.05) is 13.6 Å². The van der Waals surface area contributed by atoms with Gasteiger partial charge in [0, 0.05) is 33.5 Å². The van der Waals surface area contributed by atoms with E-state index >= 15 is 0 Å². The number of benzene rings is 3. The molecule has 4 aliphatic heterocycles. The zero-order valence-electron chi connectivity index (χ0n) is 19.9. The van der Waals surface area contributed by atoms with Gasteiger partial charge in [0.15, 0.2) is 23.0 Å². The summed E-state index contributed by atoms with van der Waals surface area (Å²) in [5, 5.41) is 42.9. The Bertz CT molecular complexity index is 1500. The summed E-state index contributed by atoms with van der Waals surface area (Å²) in [4.78, 5) is 13.0. The zero-order chi connectivity index (χ0) is 26.3. The first kappa shape index (κ1) is 23.2. The van der Waals surface area contributed by atoms with Crippen molar-refractivity contribution in [1.29, 1.82) is 0 Å². The topological polar surface area (TPSA) is 163 Å². The van der Waals surface area contributed by atoms with Crippen LogP contribution in [0.3, 0.4) is 0 Å². The lowest BCUT2D eigenvalue weighted by atomic mass is 9.88. The van der Waals surface area contributed by atoms with Crippen molar-refractivity contribution in [3.63, 3.8) is 0 Å². The highest BCUT2D eigenvalue weighted by Crippen LogP contribution is 2.54. The van der Waals surface area contributed by atoms with Gasteiger partial charge in [-0.2, -0.15) is 0 Å². The molecule has 4 aliphatic rings. The molecule has 0 aliphatic carbocycles. The van der Waals surface area contributed by atoms with Crippen molar-refractivity contribution in [1.82, 2.24) is 0 Å². The Hall–Kier alpha value is -3.97. The Kier molecular flexibility index (Phi) is 5.04. The predicted octanol–water partition coefficient (Wildman–Crippen LogP) is 1.55. The SMILES string of the molecule is CC1OC(Oc2cc3c(cc2-c2c4c(c(O)c5ccc6c(c25)OCO6)COC4=O)OCO3)C(O)C(O)C1O. The van der Waals surface area contributed by atoms with Crippen LogP contribution in [0.5, 0.6) is 34.5 Å². The van der Waals surface area contributed by atoms with Crippen LogP contribution in [0.15, 0.2) is 24.3 Å². The molecule has 0 spiro atoms. The molecule has 5 unspecified atom stereocenters. The van der Waals surface area contributed by atoms with Crippen LogP contribution in [0.1, 0.15) is 22.8 Å². The molecule has 0 saturated carbocycles. The molecule has 4 N–H and O–H groups in total. The molecule has 0 amide bonds. The molecule has 12 heteroatoms. The average molecular weight is 526 g/mol. The van der Waals surface area contributed by atoms with E-state index in [2.05, 4.69) is 0 Å². The average Bonchev–Trinajstić information content (AvgIpc) is 3.66. The quantitative estimate of drug-likeness (QED) is 0.365. The Morgan fingerprint density at radius 3 is 2.42 bits per heavy atom. The van der Waals surface area contributed by atoms with Gasteiger partial charge in [0.2, 0.25) is 19.9 Å². The van der Waals surface area contributed by atoms with E-state index in [4.69, 9.17) is 33.2 Å². The van der Waals surface area contributed by atoms with Crippen LogP contribution in [0.25, 0.3) is 21.9 Å². The van der Waals surface area contributed by atoms with Crippen molar-refractivity contribution in [2.24, 2.45) is 0 Å². The van der Waals surface area contributed by atoms with E-state index in [0.717, 1.165) is 0 Å². The molecule has 1 saturated heterocycles. The number of hydrogen-bond donors (Lipinski definition) is 4. The van der Waals surface area contributed by atoms with Gasteiger partial charge in [0.25, 0.3) is 0 Å². The van der Waals surface area contributed by atoms with E-state index in [1.165, 1.54) is 13.0 Å². The minimum absolute atomic E-state index is 0.0501. The summed E-state index contributed by atoms with van der Waals surface area (Å²) in [6, 6.07) is 6.44. The highest BCUT2D eigenvalue weighted by molar-refractivity contribution is 6.16. The van der Waals surface area contributed by atoms with Crippen LogP contribution in [0, 0.1) is 0 Å². The number of hydrogen-bond acceptors (Lipinski definition) is 12. The highest BCUT2D eigenvalue weighted by Gasteiger charge is 2.44. The standard InChI is InChI=1S/C26H22O12/c1-9-20(27)22(29)23(30)26(37-9)38-14-5-16-15(34-7-35-16)4-11(14)17-18-10(2-3-13-24(18)36-8-33-13)21(28)12-6-32-25(31)19(12)17/h2-5,9,20,22-23,26-30H,6-8H2,1H3. The minimum Gasteiger partial charge on any atom is -0.507 e. The van der Waals surface area contributed by atoms with E-state index in [9.17, 15) is 25.2 Å². The second kappa shape index (κ2) is 8.27. The third kappa shape index (κ3) is 3.21. The number of ether oxygens (including phenoxy) is 7. The maximum absolute atomic E-state index is 13.0. The zero-order valence-corrected chi connectivity index (χ0v) is 19.9. The molecule has 5 atom stereocenters. The van der Waals surface area contributed by atoms with Gasteiger partial charge in [-0.25, -0.2) is 4.79 Å². The lowest BCUT2D eigenvalue weighted by Crippen LogP contribution is -2.58. The molecule has 38 heavy (non-hydrogen) atoms. The van der Waals surface area contributed by atoms with Crippen LogP contribution in [-0.4, -0.2) is 70.7 Å². The Balaban J connectivity index is 1.49. The van der Waals surface area contributed by atoms with Crippen molar-refractivity contribution in [2.45, 2.75) is 44.2 Å². The number of esters is 1. The number of fused-ring (bicyclic) bond motifs is 5. The number of carbonyl (C=O) groups excluding carboxylic acids is 1. The normalized spacial score (nSPS) is 26.9. The summed E-state index contributed by atoms with van der Waals surface area (Å²) in [5.41, 5.74) is 1.05. The molecule has 0 bridgehead atoms. The molecule has 12 nitrogen and oxygen atoms in total. The van der Waals surface area contributed by atoms with Crippen LogP contribution < -0.4 is 23.7 Å². The summed E-state index contributed by atoms with van der Waals surface area (Å²) < 4.78 is 39.5. The van der Waals surface area contributed by atoms with E-state index in [1.54, 1.807) is 18.2 Å². The van der Waals surface area contributed by atoms with Gasteiger partial charge in [-0.15, -0.1) is 0 Å². The van der Waals surface area contributed by atoms with E-state index in [1.807, 2.05) is 0 Å². The number of cyclic esters (lactones) is 1. The summed E-state index contributed by atoms with van der Waals surface area (Å²) >= 11 is 0. The second-order valence-electron chi connectivity index (χ2n) is 9.38. The van der Waals surface area contributed by atoms with Crippen LogP contribution in [-0.2, 0) is 16.1 Å². The molecule has 0 aromatic heterocycles. The first-order valence-electron chi connectivity index (χ1n) is 11.9. The maximum Gasteiger partial charge on any atom is 0.339 e. The van der Waals surface area contributed by atoms with Crippen molar-refractivity contribution in [3.8, 4) is 45.6 Å². The molecule has 1 fully saturated rings. The lowest BCUT2D eigenvalue weighted by molar-refractivity contribution is -0.268. The summed E-state index contributed by atoms with van der Waals surface area (Å²) in [5.74, 6) is 0.780. The third-order valence-corrected chi connectivity index (χ3v) is 7.23. The molecule has 3 aromatic carbocycles. The van der Waals surface area contributed by atoms with Crippen molar-refractivity contribution < 1.29 is 58.4 Å². The lowest BCUT2D eigenvalue weighted by Gasteiger charge is -2.39. The number of phenolic OH excluding ortho intramolecular Hbond substituents is 1. The number of aromatic hydroxyl groups is 1. The van der Waals surface area contributed by atoms with Gasteiger partial charge in [0.1, 0.15) is 36.4 Å². The smallest absolute Gasteiger partial charge is 0.339 e. The number of aliphatic hydroxyl groups is 3. The van der Waals surface area contributed by atoms with Crippen LogP contribution in [0.2, 0.25) is 0 Å². The largest absolute Gasteiger partial charge is 0.507 e. The van der Waals surface area contributed by atoms with Crippen molar-refractivity contribution >= 4 is 16.7 Å². The number of phenols is 1. The van der Waals surface area contributed by atoms with Gasteiger partial charge in [-0.05, 0) is 25.1 Å². The van der Waals surface area contributed by atoms with Gasteiger partial charge in [-0.1, -0.05) is 0 Å². The summed E-state index contributed by atoms with van der Waals surface area (Å²) in [6.45, 7) is 1.30. The maximum atomic E-state index is 13.0. The Labute approximate surface area is 214 Å². The van der Waals surface area contributed by atoms with E-state index in [-0.39, 0.29) is 37.3 Å². The third-order valence-electron chi connectivity index (χ3n) is 7.23. The molecular weight excluding hydrogens is 504 g/mol. The highest BCUT2D eigenvalue weighted by atomic mass is 16.7. The second-order valence-corrected chi connectivity index (χ2v) is 9.38. The molecule has 4 heterocycles. The molecule has 198 valence electrons. The first-order chi connectivity index (χ1) is 18.3. The monoisotopic (exact) mass is 526 g/mol. The Morgan fingerprint density at radius 2 is 1.61 bits per heavy atom. The van der Waals surface area contributed by atoms with Gasteiger partial charge in [0.05, 0.1) is 11.7 Å². The van der Waals surface area contributed by atoms with Crippen LogP contribution >= 0.6 is 0 Å². The Morgan fingerprint density at radius 1 is 0.868 bits per heavy atom. The fraction of sp³-hybridized carbons (Fsp3) is 0.346. The minimum atomic E-state index is -1.59. The molecular formula is C26H22O12. The van der Waals surface area contributed by atoms with E-state index in [0.29, 0.717) is 50.5 Å². The predicted molar refractivity (Wildman–Crippen MR) is 125 cm³/mol. The fourth-order valence-corrected chi connectivity index (χ4v) is 5.27. The first-order valence-corrected chi connectivity index (χ1v) is 11.9. The fourth-order valence-electron chi connectivity index (χ4n) is 5.27. The van der Waals surface area contributed by atoms with Crippen molar-refractivity contribution in [3.05, 3.63) is 35.4 Å². The number of carbonyl (C=O) groups is 1. The molecule has 0 radical (unpaired) electrons. The summed E-state index contributed by atoms with van der Waals surface area (Å²) in [6.07, 6.45) is -6.66. The van der Waals surface area contributed by atoms with Gasteiger partial charge >= 0.3 is 5.97 Å². The van der Waals surface area contributed by atoms with Gasteiger partial charge in [-0.3, -0.25) is 0 Å². The van der Waals surface area contributed by atoms with Crippen LogP contribution in [0.4, 0.5) is 0 Å². The van der Waals surface area contributed by atoms with E-state index < -0.39 is 36.7 Å². The molecule has 3 aromatic rings. The number of rotatable bonds is 3.